The van der Waals surface area contributed by atoms with Crippen molar-refractivity contribution in [2.45, 2.75) is 26.9 Å². The Morgan fingerprint density at radius 1 is 0.385 bits per heavy atom. The Balaban J connectivity index is 1.21. The van der Waals surface area contributed by atoms with Gasteiger partial charge in [-0.25, -0.2) is 4.85 Å². The number of benzene rings is 9. The lowest BCUT2D eigenvalue weighted by molar-refractivity contribution is -0.137. The van der Waals surface area contributed by atoms with Gasteiger partial charge in [0.1, 0.15) is 0 Å². The van der Waals surface area contributed by atoms with E-state index in [0.717, 1.165) is 94.4 Å². The van der Waals surface area contributed by atoms with Gasteiger partial charge in [-0.05, 0) is 143 Å². The molecular weight excluding hydrogens is 808 g/mol. The third kappa shape index (κ3) is 6.59. The molecule has 0 unspecified atom stereocenters. The molecule has 0 fully saturated rings. The molecule has 312 valence electrons. The number of para-hydroxylation sites is 2. The van der Waals surface area contributed by atoms with Gasteiger partial charge in [0, 0.05) is 27.1 Å². The largest absolute Gasteiger partial charge is 0.416 e. The highest BCUT2D eigenvalue weighted by Gasteiger charge is 2.31. The van der Waals surface area contributed by atoms with E-state index < -0.39 is 11.7 Å². The first-order valence-corrected chi connectivity index (χ1v) is 21.6. The van der Waals surface area contributed by atoms with Crippen molar-refractivity contribution in [3.05, 3.63) is 222 Å². The molecule has 0 spiro atoms. The maximum atomic E-state index is 13.9. The predicted octanol–water partition coefficient (Wildman–Crippen LogP) is 17.0. The Morgan fingerprint density at radius 3 is 1.42 bits per heavy atom. The van der Waals surface area contributed by atoms with Crippen LogP contribution in [0, 0.1) is 27.3 Å². The highest BCUT2D eigenvalue weighted by Crippen LogP contribution is 2.45. The van der Waals surface area contributed by atoms with Gasteiger partial charge in [0.15, 0.2) is 5.69 Å². The van der Waals surface area contributed by atoms with Crippen LogP contribution in [-0.2, 0) is 6.18 Å². The van der Waals surface area contributed by atoms with Crippen molar-refractivity contribution >= 4 is 49.3 Å². The number of aryl methyl sites for hydroxylation is 3. The maximum absolute atomic E-state index is 13.9. The molecule has 2 heterocycles. The van der Waals surface area contributed by atoms with E-state index in [4.69, 9.17) is 6.57 Å². The molecule has 2 aromatic heterocycles. The van der Waals surface area contributed by atoms with Crippen LogP contribution < -0.4 is 0 Å². The van der Waals surface area contributed by atoms with Crippen molar-refractivity contribution in [3.8, 4) is 55.9 Å². The zero-order valence-electron chi connectivity index (χ0n) is 35.9. The number of alkyl halides is 3. The molecule has 0 amide bonds. The van der Waals surface area contributed by atoms with E-state index in [1.54, 1.807) is 13.0 Å². The second-order valence-corrected chi connectivity index (χ2v) is 16.9. The van der Waals surface area contributed by atoms with Crippen LogP contribution in [0.1, 0.15) is 22.3 Å². The molecule has 0 aliphatic heterocycles. The van der Waals surface area contributed by atoms with Gasteiger partial charge in [0.05, 0.1) is 45.6 Å². The quantitative estimate of drug-likeness (QED) is 0.148. The number of hydrogen-bond donors (Lipinski definition) is 0. The van der Waals surface area contributed by atoms with Gasteiger partial charge >= 0.3 is 6.18 Å². The number of hydrogen-bond acceptors (Lipinski definition) is 0. The van der Waals surface area contributed by atoms with Crippen LogP contribution in [0.3, 0.4) is 0 Å². The molecule has 11 aromatic rings. The van der Waals surface area contributed by atoms with Crippen LogP contribution >= 0.6 is 0 Å². The van der Waals surface area contributed by atoms with Gasteiger partial charge in [0.2, 0.25) is 0 Å². The van der Waals surface area contributed by atoms with E-state index in [2.05, 4.69) is 167 Å². The van der Waals surface area contributed by atoms with Crippen molar-refractivity contribution < 1.29 is 13.2 Å². The Hall–Kier alpha value is -8.14. The SMILES string of the molecule is [C-]#[N+]c1ccc(-n2c3ccccc3c3cc(-c4ccccc4C)ccc32)c(-c2ccc(-c3ccc(C(F)(F)F)cc3C)cc2-n2c3ccccc3c3cc(-c4ccccc4C)ccc32)c1. The van der Waals surface area contributed by atoms with Gasteiger partial charge in [0.25, 0.3) is 0 Å². The average molecular weight is 848 g/mol. The number of nitrogens with zero attached hydrogens (tertiary/aromatic N) is 3. The van der Waals surface area contributed by atoms with E-state index in [-0.39, 0.29) is 0 Å². The van der Waals surface area contributed by atoms with E-state index in [1.165, 1.54) is 22.8 Å². The van der Waals surface area contributed by atoms with Crippen molar-refractivity contribution in [2.24, 2.45) is 0 Å². The molecule has 0 radical (unpaired) electrons. The molecule has 3 nitrogen and oxygen atoms in total. The molecular formula is C59H40F3N3. The monoisotopic (exact) mass is 847 g/mol. The van der Waals surface area contributed by atoms with Crippen LogP contribution in [0.15, 0.2) is 188 Å². The van der Waals surface area contributed by atoms with Crippen molar-refractivity contribution in [3.63, 3.8) is 0 Å². The van der Waals surface area contributed by atoms with Crippen LogP contribution in [-0.4, -0.2) is 9.13 Å². The molecule has 6 heteroatoms. The van der Waals surface area contributed by atoms with Crippen molar-refractivity contribution in [2.75, 3.05) is 0 Å². The minimum absolute atomic E-state index is 0.491. The van der Waals surface area contributed by atoms with Crippen molar-refractivity contribution in [1.29, 1.82) is 0 Å². The second-order valence-electron chi connectivity index (χ2n) is 16.9. The first-order chi connectivity index (χ1) is 31.6. The molecule has 0 saturated carbocycles. The predicted molar refractivity (Wildman–Crippen MR) is 262 cm³/mol. The number of rotatable bonds is 6. The van der Waals surface area contributed by atoms with E-state index in [0.29, 0.717) is 16.8 Å². The average Bonchev–Trinajstić information content (AvgIpc) is 3.83. The van der Waals surface area contributed by atoms with Gasteiger partial charge in [-0.1, -0.05) is 121 Å². The minimum atomic E-state index is -4.46. The molecule has 9 aromatic carbocycles. The number of aromatic nitrogens is 2. The summed E-state index contributed by atoms with van der Waals surface area (Å²) in [6, 6.07) is 62.9. The number of fused-ring (bicyclic) bond motifs is 6. The normalized spacial score (nSPS) is 11.8. The van der Waals surface area contributed by atoms with Crippen molar-refractivity contribution in [1.82, 2.24) is 9.13 Å². The standard InChI is InChI=1S/C59H40F3N3/c1-36-13-5-7-15-44(36)39-22-28-55-50(32-39)47-17-9-11-19-53(47)64(55)57-30-25-43(63-4)35-52(57)49-26-21-41(46-27-24-42(31-38(46)3)59(60,61)62)34-58(49)65-54-20-12-10-18-48(54)51-33-40(23-29-56(51)65)45-16-8-6-14-37(45)2/h5-35H,1-3H3. The Morgan fingerprint density at radius 2 is 0.862 bits per heavy atom. The molecule has 0 aliphatic rings. The zero-order valence-corrected chi connectivity index (χ0v) is 35.9. The fourth-order valence-corrected chi connectivity index (χ4v) is 9.87. The molecule has 11 rings (SSSR count). The molecule has 0 bridgehead atoms. The van der Waals surface area contributed by atoms with Gasteiger partial charge < -0.3 is 9.13 Å². The highest BCUT2D eigenvalue weighted by molar-refractivity contribution is 6.13. The van der Waals surface area contributed by atoms with Gasteiger partial charge in [-0.3, -0.25) is 0 Å². The smallest absolute Gasteiger partial charge is 0.309 e. The zero-order chi connectivity index (χ0) is 44.6. The lowest BCUT2D eigenvalue weighted by atomic mass is 9.93. The fourth-order valence-electron chi connectivity index (χ4n) is 9.87. The summed E-state index contributed by atoms with van der Waals surface area (Å²) in [6.07, 6.45) is -4.46. The highest BCUT2D eigenvalue weighted by atomic mass is 19.4. The molecule has 0 atom stereocenters. The summed E-state index contributed by atoms with van der Waals surface area (Å²) in [6.45, 7) is 14.2. The molecule has 65 heavy (non-hydrogen) atoms. The molecule has 0 aliphatic carbocycles. The Labute approximate surface area is 374 Å². The van der Waals surface area contributed by atoms with Crippen LogP contribution in [0.4, 0.5) is 18.9 Å². The topological polar surface area (TPSA) is 14.2 Å². The Bertz CT molecular complexity index is 3760. The number of halogens is 3. The van der Waals surface area contributed by atoms with Gasteiger partial charge in [-0.2, -0.15) is 13.2 Å². The first-order valence-electron chi connectivity index (χ1n) is 21.6. The van der Waals surface area contributed by atoms with E-state index in [9.17, 15) is 13.2 Å². The van der Waals surface area contributed by atoms with Crippen LogP contribution in [0.5, 0.6) is 0 Å². The van der Waals surface area contributed by atoms with Crippen LogP contribution in [0.25, 0.3) is 104 Å². The second kappa shape index (κ2) is 15.3. The summed E-state index contributed by atoms with van der Waals surface area (Å²) in [7, 11) is 0. The summed E-state index contributed by atoms with van der Waals surface area (Å²) in [5.41, 5.74) is 16.2. The van der Waals surface area contributed by atoms with Crippen LogP contribution in [0.2, 0.25) is 0 Å². The summed E-state index contributed by atoms with van der Waals surface area (Å²) in [5.74, 6) is 0. The minimum Gasteiger partial charge on any atom is -0.309 e. The third-order valence-corrected chi connectivity index (χ3v) is 13.0. The summed E-state index contributed by atoms with van der Waals surface area (Å²) in [4.78, 5) is 3.94. The maximum Gasteiger partial charge on any atom is 0.416 e. The fraction of sp³-hybridized carbons (Fsp3) is 0.0678. The first kappa shape index (κ1) is 39.7. The summed E-state index contributed by atoms with van der Waals surface area (Å²) >= 11 is 0. The molecule has 0 saturated heterocycles. The molecule has 0 N–H and O–H groups in total. The lowest BCUT2D eigenvalue weighted by Crippen LogP contribution is -2.05. The van der Waals surface area contributed by atoms with E-state index in [1.807, 2.05) is 30.3 Å². The summed E-state index contributed by atoms with van der Waals surface area (Å²) in [5, 5.41) is 4.37. The summed E-state index contributed by atoms with van der Waals surface area (Å²) < 4.78 is 46.4. The van der Waals surface area contributed by atoms with E-state index >= 15 is 0 Å². The third-order valence-electron chi connectivity index (χ3n) is 13.0. The Kier molecular flexibility index (Phi) is 9.34. The van der Waals surface area contributed by atoms with Gasteiger partial charge in [-0.15, -0.1) is 0 Å². The lowest BCUT2D eigenvalue weighted by Gasteiger charge is -2.21.